The van der Waals surface area contributed by atoms with E-state index in [2.05, 4.69) is 11.8 Å². The van der Waals surface area contributed by atoms with Crippen LogP contribution in [0.25, 0.3) is 0 Å². The summed E-state index contributed by atoms with van der Waals surface area (Å²) in [5.41, 5.74) is 0.213. The lowest BCUT2D eigenvalue weighted by atomic mass is 10.1. The van der Waals surface area contributed by atoms with E-state index in [1.165, 1.54) is 18.2 Å². The molecule has 1 amide bonds. The molecular formula is C13H16ClN3O3. The second-order valence-corrected chi connectivity index (χ2v) is 5.05. The molecule has 0 spiro atoms. The number of non-ortho nitro benzene ring substituents is 1. The number of hydrogen-bond acceptors (Lipinski definition) is 4. The largest absolute Gasteiger partial charge is 0.336 e. The molecule has 0 aromatic heterocycles. The van der Waals surface area contributed by atoms with Crippen molar-refractivity contribution in [3.63, 3.8) is 0 Å². The zero-order valence-electron chi connectivity index (χ0n) is 11.2. The minimum Gasteiger partial charge on any atom is -0.336 e. The van der Waals surface area contributed by atoms with E-state index in [0.29, 0.717) is 18.7 Å². The zero-order chi connectivity index (χ0) is 14.7. The maximum Gasteiger partial charge on any atom is 0.270 e. The number of piperazine rings is 1. The molecule has 1 saturated heterocycles. The first-order chi connectivity index (χ1) is 9.52. The van der Waals surface area contributed by atoms with Crippen LogP contribution in [0.5, 0.6) is 0 Å². The van der Waals surface area contributed by atoms with Crippen molar-refractivity contribution in [2.75, 3.05) is 32.7 Å². The van der Waals surface area contributed by atoms with Crippen molar-refractivity contribution in [3.05, 3.63) is 38.9 Å². The van der Waals surface area contributed by atoms with Crippen molar-refractivity contribution in [3.8, 4) is 0 Å². The molecule has 1 aromatic carbocycles. The Hall–Kier alpha value is -1.66. The Balaban J connectivity index is 2.12. The van der Waals surface area contributed by atoms with E-state index >= 15 is 0 Å². The fourth-order valence-electron chi connectivity index (χ4n) is 2.23. The number of rotatable bonds is 3. The lowest BCUT2D eigenvalue weighted by molar-refractivity contribution is -0.384. The van der Waals surface area contributed by atoms with E-state index < -0.39 is 4.92 Å². The normalized spacial score (nSPS) is 16.2. The summed E-state index contributed by atoms with van der Waals surface area (Å²) in [4.78, 5) is 26.5. The summed E-state index contributed by atoms with van der Waals surface area (Å²) in [7, 11) is 0. The Morgan fingerprint density at radius 1 is 1.35 bits per heavy atom. The van der Waals surface area contributed by atoms with Crippen LogP contribution in [0, 0.1) is 10.1 Å². The van der Waals surface area contributed by atoms with Gasteiger partial charge in [0.25, 0.3) is 11.6 Å². The summed E-state index contributed by atoms with van der Waals surface area (Å²) in [6.45, 7) is 6.05. The molecule has 6 nitrogen and oxygen atoms in total. The first-order valence-corrected chi connectivity index (χ1v) is 6.86. The Bertz CT molecular complexity index is 528. The van der Waals surface area contributed by atoms with E-state index in [4.69, 9.17) is 11.6 Å². The van der Waals surface area contributed by atoms with E-state index in [1.54, 1.807) is 4.90 Å². The van der Waals surface area contributed by atoms with Gasteiger partial charge in [-0.05, 0) is 12.6 Å². The van der Waals surface area contributed by atoms with Gasteiger partial charge in [0, 0.05) is 38.3 Å². The zero-order valence-corrected chi connectivity index (χ0v) is 12.0. The van der Waals surface area contributed by atoms with Crippen molar-refractivity contribution >= 4 is 23.2 Å². The maximum absolute atomic E-state index is 12.3. The van der Waals surface area contributed by atoms with Crippen LogP contribution >= 0.6 is 11.6 Å². The van der Waals surface area contributed by atoms with Crippen molar-refractivity contribution < 1.29 is 9.72 Å². The fourth-order valence-corrected chi connectivity index (χ4v) is 2.48. The van der Waals surface area contributed by atoms with Crippen LogP contribution in [-0.2, 0) is 0 Å². The summed E-state index contributed by atoms with van der Waals surface area (Å²) >= 11 is 5.98. The van der Waals surface area contributed by atoms with Crippen molar-refractivity contribution in [2.45, 2.75) is 6.92 Å². The van der Waals surface area contributed by atoms with Crippen LogP contribution in [0.15, 0.2) is 18.2 Å². The number of carbonyl (C=O) groups is 1. The highest BCUT2D eigenvalue weighted by atomic mass is 35.5. The molecule has 1 aliphatic rings. The fraction of sp³-hybridized carbons (Fsp3) is 0.462. The van der Waals surface area contributed by atoms with Crippen LogP contribution in [-0.4, -0.2) is 53.4 Å². The van der Waals surface area contributed by atoms with E-state index in [-0.39, 0.29) is 16.6 Å². The van der Waals surface area contributed by atoms with Crippen molar-refractivity contribution in [1.29, 1.82) is 0 Å². The molecule has 0 bridgehead atoms. The minimum absolute atomic E-state index is 0.109. The van der Waals surface area contributed by atoms with Crippen molar-refractivity contribution in [2.24, 2.45) is 0 Å². The number of amides is 1. The van der Waals surface area contributed by atoms with Gasteiger partial charge < -0.3 is 9.80 Å². The molecule has 7 heteroatoms. The number of likely N-dealkylation sites (N-methyl/N-ethyl adjacent to an activating group) is 1. The molecule has 1 aliphatic heterocycles. The second kappa shape index (κ2) is 6.19. The summed E-state index contributed by atoms with van der Waals surface area (Å²) in [5.74, 6) is -0.166. The number of benzene rings is 1. The first kappa shape index (κ1) is 14.7. The predicted molar refractivity (Wildman–Crippen MR) is 76.1 cm³/mol. The minimum atomic E-state index is -0.528. The average molecular weight is 298 g/mol. The van der Waals surface area contributed by atoms with E-state index in [1.807, 2.05) is 0 Å². The molecule has 108 valence electrons. The average Bonchev–Trinajstić information content (AvgIpc) is 2.46. The standard InChI is InChI=1S/C13H16ClN3O3/c1-2-15-5-7-16(8-6-15)13(18)11-4-3-10(17(19)20)9-12(11)14/h3-4,9H,2,5-8H2,1H3. The van der Waals surface area contributed by atoms with Gasteiger partial charge in [0.2, 0.25) is 0 Å². The third kappa shape index (κ3) is 3.08. The summed E-state index contributed by atoms with van der Waals surface area (Å²) in [6, 6.07) is 3.95. The topological polar surface area (TPSA) is 66.7 Å². The molecule has 0 N–H and O–H groups in total. The highest BCUT2D eigenvalue weighted by Crippen LogP contribution is 2.24. The van der Waals surface area contributed by atoms with E-state index in [9.17, 15) is 14.9 Å². The SMILES string of the molecule is CCN1CCN(C(=O)c2ccc([N+](=O)[O-])cc2Cl)CC1. The highest BCUT2D eigenvalue weighted by molar-refractivity contribution is 6.34. The van der Waals surface area contributed by atoms with Gasteiger partial charge in [0.15, 0.2) is 0 Å². The number of nitrogens with zero attached hydrogens (tertiary/aromatic N) is 3. The van der Waals surface area contributed by atoms with Gasteiger partial charge in [-0.25, -0.2) is 0 Å². The lowest BCUT2D eigenvalue weighted by Gasteiger charge is -2.34. The van der Waals surface area contributed by atoms with Gasteiger partial charge in [-0.15, -0.1) is 0 Å². The smallest absolute Gasteiger partial charge is 0.270 e. The molecule has 0 radical (unpaired) electrons. The lowest BCUT2D eigenvalue weighted by Crippen LogP contribution is -2.48. The number of halogens is 1. The maximum atomic E-state index is 12.3. The van der Waals surface area contributed by atoms with E-state index in [0.717, 1.165) is 19.6 Å². The van der Waals surface area contributed by atoms with Crippen LogP contribution in [0.3, 0.4) is 0 Å². The number of hydrogen-bond donors (Lipinski definition) is 0. The third-order valence-corrected chi connectivity index (χ3v) is 3.81. The second-order valence-electron chi connectivity index (χ2n) is 4.65. The molecule has 0 atom stereocenters. The third-order valence-electron chi connectivity index (χ3n) is 3.50. The molecular weight excluding hydrogens is 282 g/mol. The Morgan fingerprint density at radius 3 is 2.50 bits per heavy atom. The molecule has 0 saturated carbocycles. The predicted octanol–water partition coefficient (Wildman–Crippen LogP) is 2.03. The molecule has 0 aliphatic carbocycles. The molecule has 1 aromatic rings. The van der Waals surface area contributed by atoms with Gasteiger partial charge in [-0.2, -0.15) is 0 Å². The molecule has 2 rings (SSSR count). The Morgan fingerprint density at radius 2 is 2.00 bits per heavy atom. The van der Waals surface area contributed by atoms with Crippen LogP contribution in [0.4, 0.5) is 5.69 Å². The first-order valence-electron chi connectivity index (χ1n) is 6.48. The van der Waals surface area contributed by atoms with Gasteiger partial charge >= 0.3 is 0 Å². The molecule has 1 fully saturated rings. The Kier molecular flexibility index (Phi) is 4.57. The van der Waals surface area contributed by atoms with Crippen LogP contribution < -0.4 is 0 Å². The molecule has 1 heterocycles. The molecule has 0 unspecified atom stereocenters. The van der Waals surface area contributed by atoms with Gasteiger partial charge in [-0.1, -0.05) is 18.5 Å². The summed E-state index contributed by atoms with van der Waals surface area (Å²) < 4.78 is 0. The van der Waals surface area contributed by atoms with Gasteiger partial charge in [0.05, 0.1) is 15.5 Å². The Labute approximate surface area is 122 Å². The monoisotopic (exact) mass is 297 g/mol. The number of nitro groups is 1. The van der Waals surface area contributed by atoms with Gasteiger partial charge in [-0.3, -0.25) is 14.9 Å². The summed E-state index contributed by atoms with van der Waals surface area (Å²) in [6.07, 6.45) is 0. The summed E-state index contributed by atoms with van der Waals surface area (Å²) in [5, 5.41) is 10.8. The highest BCUT2D eigenvalue weighted by Gasteiger charge is 2.23. The number of carbonyl (C=O) groups excluding carboxylic acids is 1. The van der Waals surface area contributed by atoms with Crippen LogP contribution in [0.1, 0.15) is 17.3 Å². The van der Waals surface area contributed by atoms with Gasteiger partial charge in [0.1, 0.15) is 0 Å². The van der Waals surface area contributed by atoms with Crippen molar-refractivity contribution in [1.82, 2.24) is 9.80 Å². The van der Waals surface area contributed by atoms with Crippen LogP contribution in [0.2, 0.25) is 5.02 Å². The quantitative estimate of drug-likeness (QED) is 0.632. The molecule has 20 heavy (non-hydrogen) atoms. The number of nitro benzene ring substituents is 1.